The van der Waals surface area contributed by atoms with E-state index in [0.717, 1.165) is 22.8 Å². The van der Waals surface area contributed by atoms with Crippen LogP contribution in [-0.4, -0.2) is 43.5 Å². The Morgan fingerprint density at radius 3 is 2.57 bits per heavy atom. The molecule has 146 valence electrons. The predicted octanol–water partition coefficient (Wildman–Crippen LogP) is 2.84. The number of nitrogens with zero attached hydrogens (tertiary/aromatic N) is 2. The van der Waals surface area contributed by atoms with Gasteiger partial charge in [-0.15, -0.1) is 0 Å². The molecule has 7 nitrogen and oxygen atoms in total. The van der Waals surface area contributed by atoms with Crippen molar-refractivity contribution in [2.75, 3.05) is 20.8 Å². The highest BCUT2D eigenvalue weighted by Crippen LogP contribution is 2.33. The van der Waals surface area contributed by atoms with Gasteiger partial charge in [-0.3, -0.25) is 0 Å². The number of hydrogen-bond donors (Lipinski definition) is 1. The van der Waals surface area contributed by atoms with Gasteiger partial charge in [-0.1, -0.05) is 30.3 Å². The van der Waals surface area contributed by atoms with E-state index in [9.17, 15) is 8.42 Å². The molecule has 28 heavy (non-hydrogen) atoms. The van der Waals surface area contributed by atoms with Gasteiger partial charge in [0.1, 0.15) is 22.2 Å². The summed E-state index contributed by atoms with van der Waals surface area (Å²) in [7, 11) is -0.799. The third-order valence-electron chi connectivity index (χ3n) is 4.83. The van der Waals surface area contributed by atoms with Crippen LogP contribution < -0.4 is 9.47 Å². The number of fused-ring (bicyclic) bond motifs is 1. The average Bonchev–Trinajstić information content (AvgIpc) is 3.17. The van der Waals surface area contributed by atoms with E-state index in [0.29, 0.717) is 24.5 Å². The molecule has 0 aliphatic carbocycles. The molecule has 0 atom stereocenters. The summed E-state index contributed by atoms with van der Waals surface area (Å²) in [6.45, 7) is 0.590. The minimum Gasteiger partial charge on any atom is -0.497 e. The molecule has 0 radical (unpaired) electrons. The van der Waals surface area contributed by atoms with E-state index in [1.807, 2.05) is 30.3 Å². The van der Waals surface area contributed by atoms with Crippen molar-refractivity contribution in [3.63, 3.8) is 0 Å². The van der Waals surface area contributed by atoms with Gasteiger partial charge in [0.25, 0.3) is 0 Å². The van der Waals surface area contributed by atoms with Gasteiger partial charge in [0, 0.05) is 24.6 Å². The Hall–Kier alpha value is -2.84. The number of rotatable bonds is 5. The Morgan fingerprint density at radius 2 is 1.86 bits per heavy atom. The number of methoxy groups -OCH3 is 2. The number of nitrogens with one attached hydrogen (secondary N) is 1. The number of ether oxygens (including phenoxy) is 2. The van der Waals surface area contributed by atoms with Gasteiger partial charge in [-0.05, 0) is 12.1 Å². The van der Waals surface area contributed by atoms with Crippen molar-refractivity contribution in [3.05, 3.63) is 59.9 Å². The second kappa shape index (κ2) is 7.29. The normalized spacial score (nSPS) is 14.5. The molecule has 4 rings (SSSR count). The number of H-pyrrole nitrogens is 1. The summed E-state index contributed by atoms with van der Waals surface area (Å²) in [4.78, 5) is 8.03. The largest absolute Gasteiger partial charge is 0.497 e. The lowest BCUT2D eigenvalue weighted by atomic mass is 10.2. The quantitative estimate of drug-likeness (QED) is 0.713. The van der Waals surface area contributed by atoms with Crippen LogP contribution in [0, 0.1) is 0 Å². The van der Waals surface area contributed by atoms with Gasteiger partial charge < -0.3 is 14.5 Å². The smallest absolute Gasteiger partial charge is 0.247 e. The van der Waals surface area contributed by atoms with E-state index in [1.165, 1.54) is 24.6 Å². The summed E-state index contributed by atoms with van der Waals surface area (Å²) >= 11 is 0. The van der Waals surface area contributed by atoms with E-state index in [2.05, 4.69) is 9.97 Å². The van der Waals surface area contributed by atoms with E-state index in [4.69, 9.17) is 9.47 Å². The Kier molecular flexibility index (Phi) is 4.82. The van der Waals surface area contributed by atoms with Crippen LogP contribution in [0.4, 0.5) is 0 Å². The van der Waals surface area contributed by atoms with Crippen molar-refractivity contribution in [3.8, 4) is 22.9 Å². The van der Waals surface area contributed by atoms with Crippen molar-refractivity contribution in [1.29, 1.82) is 0 Å². The Bertz CT molecular complexity index is 1090. The lowest BCUT2D eigenvalue weighted by molar-refractivity contribution is 0.370. The molecule has 0 unspecified atom stereocenters. The highest BCUT2D eigenvalue weighted by atomic mass is 32.2. The Labute approximate surface area is 164 Å². The maximum Gasteiger partial charge on any atom is 0.247 e. The number of aromatic amines is 1. The molecule has 0 bridgehead atoms. The molecular weight excluding hydrogens is 378 g/mol. The monoisotopic (exact) mass is 399 g/mol. The highest BCUT2D eigenvalue weighted by molar-refractivity contribution is 7.89. The molecule has 3 aromatic rings. The minimum atomic E-state index is -3.75. The van der Waals surface area contributed by atoms with Crippen LogP contribution in [0.1, 0.15) is 11.4 Å². The molecule has 0 spiro atoms. The molecule has 0 saturated carbocycles. The third-order valence-corrected chi connectivity index (χ3v) is 6.70. The molecule has 2 aromatic carbocycles. The predicted molar refractivity (Wildman–Crippen MR) is 105 cm³/mol. The van der Waals surface area contributed by atoms with Crippen molar-refractivity contribution in [2.45, 2.75) is 17.9 Å². The van der Waals surface area contributed by atoms with Gasteiger partial charge in [-0.2, -0.15) is 4.31 Å². The van der Waals surface area contributed by atoms with Crippen LogP contribution in [0.5, 0.6) is 11.5 Å². The summed E-state index contributed by atoms with van der Waals surface area (Å²) < 4.78 is 38.5. The Morgan fingerprint density at radius 1 is 1.07 bits per heavy atom. The van der Waals surface area contributed by atoms with Crippen LogP contribution in [0.3, 0.4) is 0 Å². The number of sulfonamides is 1. The molecule has 0 saturated heterocycles. The Balaban J connectivity index is 1.66. The van der Waals surface area contributed by atoms with Crippen LogP contribution >= 0.6 is 0 Å². The second-order valence-electron chi connectivity index (χ2n) is 6.48. The third kappa shape index (κ3) is 3.25. The van der Waals surface area contributed by atoms with Crippen molar-refractivity contribution >= 4 is 10.0 Å². The fraction of sp³-hybridized carbons (Fsp3) is 0.250. The SMILES string of the molecule is COc1ccc(OC)c(S(=O)(=O)N2CCc3nc(-c4ccccc4)[nH]c3C2)c1. The number of aromatic nitrogens is 2. The summed E-state index contributed by atoms with van der Waals surface area (Å²) in [6.07, 6.45) is 0.546. The molecule has 1 aromatic heterocycles. The molecule has 0 fully saturated rings. The zero-order chi connectivity index (χ0) is 19.7. The first-order chi connectivity index (χ1) is 13.5. The standard InChI is InChI=1S/C20H21N3O4S/c1-26-15-8-9-18(27-2)19(12-15)28(24,25)23-11-10-16-17(13-23)22-20(21-16)14-6-4-3-5-7-14/h3-9,12H,10-11,13H2,1-2H3,(H,21,22). The minimum absolute atomic E-state index is 0.0978. The highest BCUT2D eigenvalue weighted by Gasteiger charge is 2.32. The van der Waals surface area contributed by atoms with Gasteiger partial charge in [0.05, 0.1) is 32.2 Å². The zero-order valence-corrected chi connectivity index (χ0v) is 16.5. The van der Waals surface area contributed by atoms with Crippen LogP contribution in [0.15, 0.2) is 53.4 Å². The number of hydrogen-bond acceptors (Lipinski definition) is 5. The molecular formula is C20H21N3O4S. The molecule has 1 aliphatic rings. The van der Waals surface area contributed by atoms with Crippen molar-refractivity contribution in [2.24, 2.45) is 0 Å². The molecule has 8 heteroatoms. The number of imidazole rings is 1. The fourth-order valence-electron chi connectivity index (χ4n) is 3.33. The van der Waals surface area contributed by atoms with Gasteiger partial charge in [0.2, 0.25) is 10.0 Å². The average molecular weight is 399 g/mol. The van der Waals surface area contributed by atoms with Gasteiger partial charge in [0.15, 0.2) is 0 Å². The first-order valence-corrected chi connectivity index (χ1v) is 10.3. The van der Waals surface area contributed by atoms with Crippen molar-refractivity contribution < 1.29 is 17.9 Å². The van der Waals surface area contributed by atoms with Crippen LogP contribution in [0.2, 0.25) is 0 Å². The molecule has 2 heterocycles. The molecule has 1 aliphatic heterocycles. The van der Waals surface area contributed by atoms with E-state index >= 15 is 0 Å². The summed E-state index contributed by atoms with van der Waals surface area (Å²) in [5.41, 5.74) is 2.69. The molecule has 0 amide bonds. The maximum atomic E-state index is 13.3. The first-order valence-electron chi connectivity index (χ1n) is 8.88. The lowest BCUT2D eigenvalue weighted by Crippen LogP contribution is -2.36. The van der Waals surface area contributed by atoms with E-state index in [-0.39, 0.29) is 11.4 Å². The van der Waals surface area contributed by atoms with Gasteiger partial charge in [-0.25, -0.2) is 13.4 Å². The summed E-state index contributed by atoms with van der Waals surface area (Å²) in [5, 5.41) is 0. The second-order valence-corrected chi connectivity index (χ2v) is 8.39. The number of benzene rings is 2. The molecule has 1 N–H and O–H groups in total. The summed E-state index contributed by atoms with van der Waals surface area (Å²) in [6, 6.07) is 14.6. The van der Waals surface area contributed by atoms with Crippen LogP contribution in [-0.2, 0) is 23.0 Å². The van der Waals surface area contributed by atoms with Crippen molar-refractivity contribution in [1.82, 2.24) is 14.3 Å². The fourth-order valence-corrected chi connectivity index (χ4v) is 4.91. The maximum absolute atomic E-state index is 13.3. The lowest BCUT2D eigenvalue weighted by Gasteiger charge is -2.26. The first kappa shape index (κ1) is 18.5. The zero-order valence-electron chi connectivity index (χ0n) is 15.7. The summed E-state index contributed by atoms with van der Waals surface area (Å²) in [5.74, 6) is 1.51. The van der Waals surface area contributed by atoms with E-state index < -0.39 is 10.0 Å². The van der Waals surface area contributed by atoms with E-state index in [1.54, 1.807) is 12.1 Å². The van der Waals surface area contributed by atoms with Gasteiger partial charge >= 0.3 is 0 Å². The van der Waals surface area contributed by atoms with Crippen LogP contribution in [0.25, 0.3) is 11.4 Å². The topological polar surface area (TPSA) is 84.5 Å².